The lowest BCUT2D eigenvalue weighted by molar-refractivity contribution is 0.178. The molecular weight excluding hydrogens is 388 g/mol. The van der Waals surface area contributed by atoms with Crippen LogP contribution in [0.25, 0.3) is 0 Å². The van der Waals surface area contributed by atoms with Crippen molar-refractivity contribution in [3.8, 4) is 0 Å². The van der Waals surface area contributed by atoms with E-state index in [9.17, 15) is 4.79 Å². The maximum absolute atomic E-state index is 13.1. The minimum Gasteiger partial charge on any atom is -0.328 e. The summed E-state index contributed by atoms with van der Waals surface area (Å²) in [6.45, 7) is 6.76. The summed E-state index contributed by atoms with van der Waals surface area (Å²) in [6, 6.07) is 18.4. The predicted octanol–water partition coefficient (Wildman–Crippen LogP) is 5.79. The van der Waals surface area contributed by atoms with Gasteiger partial charge in [-0.25, -0.2) is 4.79 Å². The average Bonchev–Trinajstić information content (AvgIpc) is 2.82. The third-order valence-electron chi connectivity index (χ3n) is 5.25. The Morgan fingerprint density at radius 1 is 1.23 bits per heavy atom. The molecule has 1 heterocycles. The Kier molecular flexibility index (Phi) is 5.82. The monoisotopic (exact) mass is 412 g/mol. The normalized spacial score (nSPS) is 21.6. The van der Waals surface area contributed by atoms with Crippen LogP contribution >= 0.6 is 15.9 Å². The summed E-state index contributed by atoms with van der Waals surface area (Å²) in [7, 11) is 0. The molecule has 136 valence electrons. The van der Waals surface area contributed by atoms with Gasteiger partial charge in [-0.05, 0) is 49.4 Å². The van der Waals surface area contributed by atoms with Crippen LogP contribution in [0.3, 0.4) is 0 Å². The van der Waals surface area contributed by atoms with E-state index in [0.29, 0.717) is 0 Å². The number of rotatable bonds is 5. The lowest BCUT2D eigenvalue weighted by atomic mass is 9.83. The second-order valence-electron chi connectivity index (χ2n) is 6.90. The van der Waals surface area contributed by atoms with E-state index in [1.54, 1.807) is 0 Å². The topological polar surface area (TPSA) is 32.3 Å². The summed E-state index contributed by atoms with van der Waals surface area (Å²) >= 11 is 3.47. The number of halogens is 1. The Balaban J connectivity index is 1.87. The van der Waals surface area contributed by atoms with E-state index in [1.807, 2.05) is 41.3 Å². The highest BCUT2D eigenvalue weighted by molar-refractivity contribution is 9.10. The number of nitrogens with zero attached hydrogens (tertiary/aromatic N) is 1. The third-order valence-corrected chi connectivity index (χ3v) is 5.78. The molecule has 0 aromatic heterocycles. The minimum absolute atomic E-state index is 0.0105. The van der Waals surface area contributed by atoms with E-state index in [4.69, 9.17) is 0 Å². The van der Waals surface area contributed by atoms with Crippen LogP contribution in [0.5, 0.6) is 0 Å². The van der Waals surface area contributed by atoms with E-state index in [-0.39, 0.29) is 17.6 Å². The fraction of sp³-hybridized carbons (Fsp3) is 0.318. The van der Waals surface area contributed by atoms with Crippen LogP contribution in [0, 0.1) is 0 Å². The molecule has 0 unspecified atom stereocenters. The zero-order valence-corrected chi connectivity index (χ0v) is 16.7. The number of hydrogen-bond donors (Lipinski definition) is 1. The van der Waals surface area contributed by atoms with Gasteiger partial charge in [-0.3, -0.25) is 0 Å². The Labute approximate surface area is 164 Å². The number of urea groups is 1. The summed E-state index contributed by atoms with van der Waals surface area (Å²) in [4.78, 5) is 15.1. The van der Waals surface area contributed by atoms with E-state index >= 15 is 0 Å². The van der Waals surface area contributed by atoms with E-state index in [0.717, 1.165) is 41.4 Å². The first-order chi connectivity index (χ1) is 12.6. The molecule has 0 aliphatic carbocycles. The molecule has 2 amide bonds. The zero-order valence-electron chi connectivity index (χ0n) is 15.1. The largest absolute Gasteiger partial charge is 0.328 e. The smallest absolute Gasteiger partial charge is 0.318 e. The molecule has 0 spiro atoms. The molecule has 1 aliphatic heterocycles. The van der Waals surface area contributed by atoms with Gasteiger partial charge in [0.05, 0.1) is 11.6 Å². The number of hydrogen-bond acceptors (Lipinski definition) is 1. The van der Waals surface area contributed by atoms with Crippen molar-refractivity contribution in [2.45, 2.75) is 37.8 Å². The van der Waals surface area contributed by atoms with E-state index in [1.165, 1.54) is 0 Å². The van der Waals surface area contributed by atoms with Crippen molar-refractivity contribution in [3.63, 3.8) is 0 Å². The summed E-state index contributed by atoms with van der Waals surface area (Å²) in [5.41, 5.74) is 1.90. The Hall–Kier alpha value is -2.07. The average molecular weight is 413 g/mol. The van der Waals surface area contributed by atoms with Gasteiger partial charge in [0.2, 0.25) is 0 Å². The van der Waals surface area contributed by atoms with Crippen LogP contribution in [0.2, 0.25) is 0 Å². The zero-order chi connectivity index (χ0) is 18.6. The van der Waals surface area contributed by atoms with Crippen molar-refractivity contribution in [1.82, 2.24) is 10.2 Å². The highest BCUT2D eigenvalue weighted by Crippen LogP contribution is 2.35. The summed E-state index contributed by atoms with van der Waals surface area (Å²) in [5, 5.41) is 3.33. The second kappa shape index (κ2) is 8.09. The van der Waals surface area contributed by atoms with Crippen molar-refractivity contribution in [2.24, 2.45) is 0 Å². The highest BCUT2D eigenvalue weighted by atomic mass is 79.9. The Morgan fingerprint density at radius 2 is 1.92 bits per heavy atom. The van der Waals surface area contributed by atoms with Gasteiger partial charge >= 0.3 is 6.03 Å². The van der Waals surface area contributed by atoms with Crippen LogP contribution in [-0.2, 0) is 5.54 Å². The summed E-state index contributed by atoms with van der Waals surface area (Å²) in [5.74, 6) is 0. The molecule has 1 saturated heterocycles. The molecular formula is C22H25BrN2O. The molecule has 0 bridgehead atoms. The predicted molar refractivity (Wildman–Crippen MR) is 110 cm³/mol. The van der Waals surface area contributed by atoms with Gasteiger partial charge in [0, 0.05) is 11.0 Å². The molecule has 2 atom stereocenters. The van der Waals surface area contributed by atoms with Crippen molar-refractivity contribution >= 4 is 22.0 Å². The quantitative estimate of drug-likeness (QED) is 0.619. The Bertz CT molecular complexity index is 759. The van der Waals surface area contributed by atoms with Crippen LogP contribution in [0.1, 0.15) is 43.4 Å². The number of carbonyl (C=O) groups excluding carboxylic acids is 1. The number of nitrogens with one attached hydrogen (secondary N) is 1. The molecule has 4 heteroatoms. The Morgan fingerprint density at radius 3 is 2.58 bits per heavy atom. The minimum atomic E-state index is -0.381. The molecule has 1 aliphatic rings. The molecule has 1 N–H and O–H groups in total. The number of amides is 2. The molecule has 3 nitrogen and oxygen atoms in total. The van der Waals surface area contributed by atoms with Gasteiger partial charge in [-0.1, -0.05) is 64.5 Å². The van der Waals surface area contributed by atoms with Crippen molar-refractivity contribution in [2.75, 3.05) is 6.54 Å². The lowest BCUT2D eigenvalue weighted by Crippen LogP contribution is -2.49. The maximum atomic E-state index is 13.1. The molecule has 2 aromatic rings. The molecule has 1 fully saturated rings. The van der Waals surface area contributed by atoms with Gasteiger partial charge in [-0.2, -0.15) is 0 Å². The van der Waals surface area contributed by atoms with Gasteiger partial charge in [0.25, 0.3) is 0 Å². The molecule has 3 rings (SSSR count). The van der Waals surface area contributed by atoms with Crippen molar-refractivity contribution < 1.29 is 4.79 Å². The van der Waals surface area contributed by atoms with Gasteiger partial charge in [0.1, 0.15) is 0 Å². The van der Waals surface area contributed by atoms with Gasteiger partial charge < -0.3 is 10.2 Å². The summed E-state index contributed by atoms with van der Waals surface area (Å²) < 4.78 is 1.04. The number of benzene rings is 2. The number of carbonyl (C=O) groups is 1. The third kappa shape index (κ3) is 3.85. The fourth-order valence-corrected chi connectivity index (χ4v) is 4.04. The molecule has 0 saturated carbocycles. The summed E-state index contributed by atoms with van der Waals surface area (Å²) in [6.07, 6.45) is 4.48. The SMILES string of the molecule is C=CC[C@]1(c2ccccc2)CCCN([C@@H](C)c2ccc(Br)cc2)C(=O)N1. The first-order valence-corrected chi connectivity index (χ1v) is 9.86. The standard InChI is InChI=1S/C22H25BrN2O/c1-3-14-22(19-8-5-4-6-9-19)15-7-16-25(21(26)24-22)17(2)18-10-12-20(23)13-11-18/h3-6,8-13,17H,1,7,14-16H2,2H3,(H,24,26)/t17-,22+/m0/s1. The maximum Gasteiger partial charge on any atom is 0.318 e. The first kappa shape index (κ1) is 18.7. The van der Waals surface area contributed by atoms with E-state index in [2.05, 4.69) is 59.0 Å². The highest BCUT2D eigenvalue weighted by Gasteiger charge is 2.37. The van der Waals surface area contributed by atoms with Crippen molar-refractivity contribution in [1.29, 1.82) is 0 Å². The molecule has 2 aromatic carbocycles. The second-order valence-corrected chi connectivity index (χ2v) is 7.81. The molecule has 26 heavy (non-hydrogen) atoms. The van der Waals surface area contributed by atoms with Crippen molar-refractivity contribution in [3.05, 3.63) is 82.9 Å². The van der Waals surface area contributed by atoms with Gasteiger partial charge in [-0.15, -0.1) is 6.58 Å². The fourth-order valence-electron chi connectivity index (χ4n) is 3.77. The van der Waals surface area contributed by atoms with Crippen LogP contribution in [-0.4, -0.2) is 17.5 Å². The van der Waals surface area contributed by atoms with Crippen LogP contribution < -0.4 is 5.32 Å². The van der Waals surface area contributed by atoms with Crippen LogP contribution in [0.4, 0.5) is 4.79 Å². The molecule has 0 radical (unpaired) electrons. The van der Waals surface area contributed by atoms with Gasteiger partial charge in [0.15, 0.2) is 0 Å². The van der Waals surface area contributed by atoms with Crippen LogP contribution in [0.15, 0.2) is 71.7 Å². The van der Waals surface area contributed by atoms with E-state index < -0.39 is 0 Å². The lowest BCUT2D eigenvalue weighted by Gasteiger charge is -2.34. The first-order valence-electron chi connectivity index (χ1n) is 9.06.